The van der Waals surface area contributed by atoms with Gasteiger partial charge >= 0.3 is 18.1 Å². The number of terminal acetylenes is 1. The van der Waals surface area contributed by atoms with Gasteiger partial charge < -0.3 is 24.2 Å². The minimum atomic E-state index is -0.984. The summed E-state index contributed by atoms with van der Waals surface area (Å²) in [6.07, 6.45) is 22.8. The zero-order chi connectivity index (χ0) is 48.8. The Morgan fingerprint density at radius 2 is 1.63 bits per heavy atom. The standard InChI is InChI=1S/C55H63F3N6O6/c1-3-5-6-7-8-9-10-11-12-13-14-16-47(66)70-42-22-17-36(18-23-42)34-68-54(67)64-39-20-21-40(64)33-62(32-39)52-45-30-59-50(44-28-41(65)27-37-19-24-46(57)43(4-2)48(37)44)49(58)51(45)60-53(61-52)69-35-55-25-15-26-63(55)31-38(56)29-55/h2,17-19,22-24,27-28,30,38-40,65H,3,5-16,20-21,25-26,29,31-35H2,1H3/t38-,39?,40?,55+/m1/s1. The van der Waals surface area contributed by atoms with Gasteiger partial charge in [0.25, 0.3) is 0 Å². The van der Waals surface area contributed by atoms with E-state index < -0.39 is 29.4 Å². The van der Waals surface area contributed by atoms with Crippen molar-refractivity contribution in [2.75, 3.05) is 37.7 Å². The van der Waals surface area contributed by atoms with Gasteiger partial charge in [-0.3, -0.25) is 19.6 Å². The molecule has 370 valence electrons. The molecule has 5 aromatic rings. The molecule has 2 bridgehead atoms. The molecule has 6 heterocycles. The van der Waals surface area contributed by atoms with Gasteiger partial charge in [0.2, 0.25) is 0 Å². The fourth-order valence-corrected chi connectivity index (χ4v) is 11.3. The number of unbranched alkanes of at least 4 members (excludes halogenated alkanes) is 10. The first kappa shape index (κ1) is 48.9. The molecule has 1 amide bonds. The number of piperazine rings is 1. The zero-order valence-electron chi connectivity index (χ0n) is 40.1. The molecule has 0 radical (unpaired) electrons. The number of anilines is 1. The number of ether oxygens (including phenoxy) is 3. The lowest BCUT2D eigenvalue weighted by atomic mass is 9.95. The van der Waals surface area contributed by atoms with Crippen molar-refractivity contribution in [1.82, 2.24) is 24.8 Å². The van der Waals surface area contributed by atoms with E-state index in [4.69, 9.17) is 25.6 Å². The van der Waals surface area contributed by atoms with E-state index in [1.165, 1.54) is 81.8 Å². The summed E-state index contributed by atoms with van der Waals surface area (Å²) in [6.45, 7) is 4.16. The van der Waals surface area contributed by atoms with Gasteiger partial charge in [-0.2, -0.15) is 9.97 Å². The van der Waals surface area contributed by atoms with Crippen LogP contribution in [0.5, 0.6) is 17.5 Å². The van der Waals surface area contributed by atoms with Gasteiger partial charge in [0, 0.05) is 49.6 Å². The van der Waals surface area contributed by atoms with E-state index in [0.717, 1.165) is 44.2 Å². The number of pyridine rings is 1. The summed E-state index contributed by atoms with van der Waals surface area (Å²) in [7, 11) is 0. The number of aromatic nitrogens is 3. The Kier molecular flexibility index (Phi) is 15.3. The predicted molar refractivity (Wildman–Crippen MR) is 263 cm³/mol. The lowest BCUT2D eigenvalue weighted by Gasteiger charge is -2.41. The van der Waals surface area contributed by atoms with Crippen LogP contribution < -0.4 is 14.4 Å². The third kappa shape index (κ3) is 10.6. The number of nitrogens with zero attached hydrogens (tertiary/aromatic N) is 6. The molecule has 4 fully saturated rings. The summed E-state index contributed by atoms with van der Waals surface area (Å²) in [6, 6.07) is 11.8. The van der Waals surface area contributed by atoms with Crippen LogP contribution in [0.15, 0.2) is 54.7 Å². The number of phenols is 1. The molecule has 1 N–H and O–H groups in total. The number of phenolic OH excluding ortho intramolecular Hbond substituents is 1. The number of hydrogen-bond donors (Lipinski definition) is 1. The lowest BCUT2D eigenvalue weighted by molar-refractivity contribution is -0.134. The van der Waals surface area contributed by atoms with Gasteiger partial charge in [0.15, 0.2) is 5.82 Å². The number of esters is 1. The van der Waals surface area contributed by atoms with Crippen LogP contribution in [0.25, 0.3) is 32.9 Å². The van der Waals surface area contributed by atoms with Gasteiger partial charge in [0.05, 0.1) is 28.6 Å². The maximum Gasteiger partial charge on any atom is 0.410 e. The molecule has 12 nitrogen and oxygen atoms in total. The number of fused-ring (bicyclic) bond motifs is 5. The van der Waals surface area contributed by atoms with Crippen molar-refractivity contribution < 1.29 is 42.1 Å². The second-order valence-corrected chi connectivity index (χ2v) is 19.7. The Bertz CT molecular complexity index is 2720. The maximum atomic E-state index is 17.2. The minimum Gasteiger partial charge on any atom is -0.508 e. The average Bonchev–Trinajstić information content (AvgIpc) is 3.98. The quantitative estimate of drug-likeness (QED) is 0.0346. The molecule has 4 aliphatic rings. The number of halogens is 3. The number of hydrogen-bond acceptors (Lipinski definition) is 11. The first-order valence-electron chi connectivity index (χ1n) is 25.3. The van der Waals surface area contributed by atoms with Gasteiger partial charge in [0.1, 0.15) is 53.7 Å². The molecule has 0 saturated carbocycles. The first-order valence-corrected chi connectivity index (χ1v) is 25.3. The number of amides is 1. The number of rotatable bonds is 20. The second kappa shape index (κ2) is 21.9. The highest BCUT2D eigenvalue weighted by Crippen LogP contribution is 2.43. The Hall–Kier alpha value is -6.14. The molecule has 3 aromatic carbocycles. The van der Waals surface area contributed by atoms with Gasteiger partial charge in [-0.15, -0.1) is 6.42 Å². The Morgan fingerprint density at radius 1 is 0.914 bits per heavy atom. The van der Waals surface area contributed by atoms with Gasteiger partial charge in [-0.05, 0) is 79.9 Å². The third-order valence-corrected chi connectivity index (χ3v) is 14.8. The van der Waals surface area contributed by atoms with Crippen molar-refractivity contribution in [2.45, 2.75) is 146 Å². The summed E-state index contributed by atoms with van der Waals surface area (Å²) in [4.78, 5) is 46.2. The molecule has 0 spiro atoms. The lowest BCUT2D eigenvalue weighted by Crippen LogP contribution is -2.56. The number of aromatic hydroxyl groups is 1. The molecule has 4 atom stereocenters. The summed E-state index contributed by atoms with van der Waals surface area (Å²) >= 11 is 0. The van der Waals surface area contributed by atoms with Crippen LogP contribution in [-0.2, 0) is 16.1 Å². The fourth-order valence-electron chi connectivity index (χ4n) is 11.3. The molecule has 2 aromatic heterocycles. The van der Waals surface area contributed by atoms with Crippen molar-refractivity contribution in [1.29, 1.82) is 0 Å². The fraction of sp³-hybridized carbons (Fsp3) is 0.509. The summed E-state index contributed by atoms with van der Waals surface area (Å²) in [5.74, 6) is 1.19. The van der Waals surface area contributed by atoms with Crippen LogP contribution in [0.3, 0.4) is 0 Å². The number of benzene rings is 3. The molecule has 2 unspecified atom stereocenters. The normalized spacial score (nSPS) is 20.8. The maximum absolute atomic E-state index is 17.2. The number of carbonyl (C=O) groups is 2. The van der Waals surface area contributed by atoms with E-state index >= 15 is 8.78 Å². The van der Waals surface area contributed by atoms with Crippen molar-refractivity contribution in [2.24, 2.45) is 0 Å². The topological polar surface area (TPSA) is 130 Å². The van der Waals surface area contributed by atoms with Crippen LogP contribution in [0.4, 0.5) is 23.8 Å². The predicted octanol–water partition coefficient (Wildman–Crippen LogP) is 11.4. The molecule has 15 heteroatoms. The number of carbonyl (C=O) groups excluding carboxylic acids is 2. The zero-order valence-corrected chi connectivity index (χ0v) is 40.1. The van der Waals surface area contributed by atoms with Crippen molar-refractivity contribution in [3.05, 3.63) is 77.5 Å². The molecule has 4 saturated heterocycles. The monoisotopic (exact) mass is 960 g/mol. The van der Waals surface area contributed by atoms with E-state index in [9.17, 15) is 19.1 Å². The molecule has 9 rings (SSSR count). The third-order valence-electron chi connectivity index (χ3n) is 14.8. The Labute approximate surface area is 407 Å². The largest absolute Gasteiger partial charge is 0.508 e. The van der Waals surface area contributed by atoms with Crippen molar-refractivity contribution >= 4 is 39.6 Å². The van der Waals surface area contributed by atoms with Crippen LogP contribution in [-0.4, -0.2) is 98.5 Å². The van der Waals surface area contributed by atoms with E-state index in [1.807, 2.05) is 4.90 Å². The number of alkyl halides is 1. The van der Waals surface area contributed by atoms with Crippen LogP contribution in [0.1, 0.15) is 127 Å². The highest BCUT2D eigenvalue weighted by Gasteiger charge is 2.50. The molecular weight excluding hydrogens is 898 g/mol. The smallest absolute Gasteiger partial charge is 0.410 e. The average molecular weight is 961 g/mol. The van der Waals surface area contributed by atoms with Gasteiger partial charge in [-0.25, -0.2) is 18.0 Å². The summed E-state index contributed by atoms with van der Waals surface area (Å²) < 4.78 is 64.8. The summed E-state index contributed by atoms with van der Waals surface area (Å²) in [5.41, 5.74) is -0.119. The van der Waals surface area contributed by atoms with E-state index in [1.54, 1.807) is 29.2 Å². The Morgan fingerprint density at radius 3 is 2.34 bits per heavy atom. The SMILES string of the molecule is C#Cc1c(F)ccc2cc(O)cc(-c3ncc4c(N5CC6CCC(C5)N6C(=O)OCc5ccc(OC(=O)CCCCCCCCCCCCC)cc5)nc(OC[C@@]56CCCN5C[C@H](F)C6)nc4c3F)c12. The first-order chi connectivity index (χ1) is 34.0. The Balaban J connectivity index is 0.864. The molecule has 0 aliphatic carbocycles. The highest BCUT2D eigenvalue weighted by molar-refractivity contribution is 6.03. The van der Waals surface area contributed by atoms with Crippen LogP contribution in [0, 0.1) is 24.0 Å². The van der Waals surface area contributed by atoms with Crippen LogP contribution in [0.2, 0.25) is 0 Å². The molecule has 4 aliphatic heterocycles. The molecular formula is C55H63F3N6O6. The second-order valence-electron chi connectivity index (χ2n) is 19.7. The van der Waals surface area contributed by atoms with Crippen molar-refractivity contribution in [3.8, 4) is 41.1 Å². The highest BCUT2D eigenvalue weighted by atomic mass is 19.1. The summed E-state index contributed by atoms with van der Waals surface area (Å²) in [5, 5.41) is 11.6. The van der Waals surface area contributed by atoms with E-state index in [2.05, 4.69) is 27.7 Å². The van der Waals surface area contributed by atoms with E-state index in [-0.39, 0.29) is 76.1 Å². The van der Waals surface area contributed by atoms with Crippen molar-refractivity contribution in [3.63, 3.8) is 0 Å². The van der Waals surface area contributed by atoms with E-state index in [0.29, 0.717) is 62.3 Å². The van der Waals surface area contributed by atoms with Crippen LogP contribution >= 0.6 is 0 Å². The minimum absolute atomic E-state index is 0.0298. The molecule has 70 heavy (non-hydrogen) atoms. The van der Waals surface area contributed by atoms with Gasteiger partial charge in [-0.1, -0.05) is 95.3 Å².